The quantitative estimate of drug-likeness (QED) is 0.805. The summed E-state index contributed by atoms with van der Waals surface area (Å²) in [5.41, 5.74) is 1.34. The van der Waals surface area contributed by atoms with E-state index in [2.05, 4.69) is 72.6 Å². The van der Waals surface area contributed by atoms with Crippen molar-refractivity contribution in [1.82, 2.24) is 5.32 Å². The van der Waals surface area contributed by atoms with Gasteiger partial charge in [-0.05, 0) is 36.3 Å². The molecular formula is C18H19N. The van der Waals surface area contributed by atoms with Crippen molar-refractivity contribution < 1.29 is 0 Å². The van der Waals surface area contributed by atoms with Crippen LogP contribution in [0, 0.1) is 11.8 Å². The first kappa shape index (κ1) is 13.4. The Hall–Kier alpha value is -2.04. The second-order valence-electron chi connectivity index (χ2n) is 4.50. The number of allylic oxidation sites excluding steroid dienone is 1. The molecule has 0 aliphatic carbocycles. The summed E-state index contributed by atoms with van der Waals surface area (Å²) in [6, 6.07) is 15.3. The lowest BCUT2D eigenvalue weighted by Crippen LogP contribution is -2.18. The lowest BCUT2D eigenvalue weighted by Gasteiger charge is -2.15. The highest BCUT2D eigenvalue weighted by Crippen LogP contribution is 2.23. The fourth-order valence-corrected chi connectivity index (χ4v) is 2.18. The van der Waals surface area contributed by atoms with Gasteiger partial charge in [-0.1, -0.05) is 54.5 Å². The molecule has 0 amide bonds. The molecule has 1 heteroatoms. The highest BCUT2D eigenvalue weighted by Gasteiger charge is 2.07. The molecule has 0 heterocycles. The topological polar surface area (TPSA) is 12.0 Å². The third-order valence-corrected chi connectivity index (χ3v) is 3.18. The van der Waals surface area contributed by atoms with Crippen molar-refractivity contribution >= 4 is 10.8 Å². The first-order chi connectivity index (χ1) is 9.33. The van der Waals surface area contributed by atoms with Gasteiger partial charge in [0.2, 0.25) is 0 Å². The van der Waals surface area contributed by atoms with E-state index in [-0.39, 0.29) is 0 Å². The van der Waals surface area contributed by atoms with E-state index in [0.717, 1.165) is 6.54 Å². The van der Waals surface area contributed by atoms with Crippen molar-refractivity contribution in [2.45, 2.75) is 19.9 Å². The van der Waals surface area contributed by atoms with E-state index >= 15 is 0 Å². The van der Waals surface area contributed by atoms with Gasteiger partial charge in [0.1, 0.15) is 0 Å². The Kier molecular flexibility index (Phi) is 4.78. The zero-order valence-corrected chi connectivity index (χ0v) is 11.5. The lowest BCUT2D eigenvalue weighted by atomic mass is 10.00. The van der Waals surface area contributed by atoms with E-state index in [9.17, 15) is 0 Å². The lowest BCUT2D eigenvalue weighted by molar-refractivity contribution is 0.621. The van der Waals surface area contributed by atoms with Crippen LogP contribution in [0.15, 0.2) is 54.6 Å². The van der Waals surface area contributed by atoms with Gasteiger partial charge in [-0.15, -0.1) is 5.92 Å². The minimum atomic E-state index is 0.324. The molecule has 0 saturated heterocycles. The van der Waals surface area contributed by atoms with Gasteiger partial charge < -0.3 is 5.32 Å². The van der Waals surface area contributed by atoms with Crippen molar-refractivity contribution in [2.24, 2.45) is 0 Å². The standard InChI is InChI=1S/C18H19N/c1-3-4-5-8-14-19-15(2)17-13-9-11-16-10-6-7-12-18(16)17/h5-13,15,19H,14H2,1-2H3. The summed E-state index contributed by atoms with van der Waals surface area (Å²) in [6.45, 7) is 4.87. The van der Waals surface area contributed by atoms with Crippen LogP contribution < -0.4 is 5.32 Å². The summed E-state index contributed by atoms with van der Waals surface area (Å²) >= 11 is 0. The van der Waals surface area contributed by atoms with Crippen LogP contribution >= 0.6 is 0 Å². The zero-order chi connectivity index (χ0) is 13.5. The molecule has 0 saturated carbocycles. The monoisotopic (exact) mass is 249 g/mol. The molecule has 0 bridgehead atoms. The number of hydrogen-bond acceptors (Lipinski definition) is 1. The molecule has 2 aromatic rings. The smallest absolute Gasteiger partial charge is 0.0300 e. The van der Waals surface area contributed by atoms with Gasteiger partial charge in [0.15, 0.2) is 0 Å². The number of rotatable bonds is 4. The van der Waals surface area contributed by atoms with Crippen molar-refractivity contribution in [3.05, 3.63) is 60.2 Å². The maximum absolute atomic E-state index is 3.50. The minimum absolute atomic E-state index is 0.324. The summed E-state index contributed by atoms with van der Waals surface area (Å²) in [5, 5.41) is 6.11. The van der Waals surface area contributed by atoms with Crippen LogP contribution in [0.4, 0.5) is 0 Å². The Morgan fingerprint density at radius 1 is 1.16 bits per heavy atom. The molecule has 96 valence electrons. The predicted octanol–water partition coefficient (Wildman–Crippen LogP) is 4.07. The average molecular weight is 249 g/mol. The summed E-state index contributed by atoms with van der Waals surface area (Å²) < 4.78 is 0. The number of nitrogens with one attached hydrogen (secondary N) is 1. The van der Waals surface area contributed by atoms with E-state index in [1.807, 2.05) is 13.0 Å². The number of fused-ring (bicyclic) bond motifs is 1. The summed E-state index contributed by atoms with van der Waals surface area (Å²) in [4.78, 5) is 0. The van der Waals surface area contributed by atoms with E-state index in [1.165, 1.54) is 16.3 Å². The number of benzene rings is 2. The predicted molar refractivity (Wildman–Crippen MR) is 83.0 cm³/mol. The fourth-order valence-electron chi connectivity index (χ4n) is 2.18. The Bertz CT molecular complexity index is 623. The molecule has 2 rings (SSSR count). The van der Waals surface area contributed by atoms with Gasteiger partial charge in [-0.2, -0.15) is 0 Å². The highest BCUT2D eigenvalue weighted by atomic mass is 14.9. The Morgan fingerprint density at radius 3 is 2.79 bits per heavy atom. The Labute approximate surface area is 115 Å². The molecule has 19 heavy (non-hydrogen) atoms. The maximum Gasteiger partial charge on any atom is 0.0300 e. The van der Waals surface area contributed by atoms with Crippen molar-refractivity contribution in [3.8, 4) is 11.8 Å². The first-order valence-electron chi connectivity index (χ1n) is 6.61. The SMILES string of the molecule is CC#CC=CCNC(C)c1cccc2ccccc12. The zero-order valence-electron chi connectivity index (χ0n) is 11.5. The molecule has 0 radical (unpaired) electrons. The molecule has 0 aromatic heterocycles. The molecular weight excluding hydrogens is 230 g/mol. The molecule has 1 N–H and O–H groups in total. The Morgan fingerprint density at radius 2 is 1.95 bits per heavy atom. The van der Waals surface area contributed by atoms with Crippen LogP contribution in [0.3, 0.4) is 0 Å². The van der Waals surface area contributed by atoms with Crippen LogP contribution in [0.25, 0.3) is 10.8 Å². The van der Waals surface area contributed by atoms with Crippen molar-refractivity contribution in [3.63, 3.8) is 0 Å². The van der Waals surface area contributed by atoms with E-state index in [4.69, 9.17) is 0 Å². The summed E-state index contributed by atoms with van der Waals surface area (Å²) in [5.74, 6) is 5.77. The van der Waals surface area contributed by atoms with Crippen LogP contribution in [0.2, 0.25) is 0 Å². The summed E-state index contributed by atoms with van der Waals surface area (Å²) in [6.07, 6.45) is 3.95. The third kappa shape index (κ3) is 3.47. The normalized spacial score (nSPS) is 12.3. The minimum Gasteiger partial charge on any atom is -0.307 e. The first-order valence-corrected chi connectivity index (χ1v) is 6.61. The van der Waals surface area contributed by atoms with Crippen LogP contribution in [0.1, 0.15) is 25.5 Å². The molecule has 0 fully saturated rings. The van der Waals surface area contributed by atoms with Gasteiger partial charge in [-0.3, -0.25) is 0 Å². The van der Waals surface area contributed by atoms with Crippen LogP contribution in [-0.2, 0) is 0 Å². The largest absolute Gasteiger partial charge is 0.307 e. The van der Waals surface area contributed by atoms with Crippen molar-refractivity contribution in [2.75, 3.05) is 6.54 Å². The molecule has 1 nitrogen and oxygen atoms in total. The van der Waals surface area contributed by atoms with Gasteiger partial charge in [-0.25, -0.2) is 0 Å². The Balaban J connectivity index is 2.12. The molecule has 2 aromatic carbocycles. The van der Waals surface area contributed by atoms with Gasteiger partial charge in [0.25, 0.3) is 0 Å². The highest BCUT2D eigenvalue weighted by molar-refractivity contribution is 5.86. The van der Waals surface area contributed by atoms with Crippen LogP contribution in [0.5, 0.6) is 0 Å². The average Bonchev–Trinajstić information content (AvgIpc) is 2.46. The van der Waals surface area contributed by atoms with E-state index in [1.54, 1.807) is 0 Å². The van der Waals surface area contributed by atoms with Crippen molar-refractivity contribution in [1.29, 1.82) is 0 Å². The van der Waals surface area contributed by atoms with Crippen LogP contribution in [-0.4, -0.2) is 6.54 Å². The van der Waals surface area contributed by atoms with E-state index in [0.29, 0.717) is 6.04 Å². The summed E-state index contributed by atoms with van der Waals surface area (Å²) in [7, 11) is 0. The molecule has 1 atom stereocenters. The second-order valence-corrected chi connectivity index (χ2v) is 4.50. The van der Waals surface area contributed by atoms with Gasteiger partial charge in [0.05, 0.1) is 0 Å². The maximum atomic E-state index is 3.50. The molecule has 1 unspecified atom stereocenters. The van der Waals surface area contributed by atoms with E-state index < -0.39 is 0 Å². The van der Waals surface area contributed by atoms with Gasteiger partial charge >= 0.3 is 0 Å². The third-order valence-electron chi connectivity index (χ3n) is 3.18. The number of hydrogen-bond donors (Lipinski definition) is 1. The fraction of sp³-hybridized carbons (Fsp3) is 0.222. The molecule has 0 spiro atoms. The molecule has 0 aliphatic heterocycles. The second kappa shape index (κ2) is 6.78. The van der Waals surface area contributed by atoms with Gasteiger partial charge in [0, 0.05) is 12.6 Å². The molecule has 0 aliphatic rings.